The van der Waals surface area contributed by atoms with Gasteiger partial charge in [-0.1, -0.05) is 49.6 Å². The lowest BCUT2D eigenvalue weighted by molar-refractivity contribution is -0.196. The minimum Gasteiger partial charge on any atom is -0.394 e. The molecule has 1 saturated carbocycles. The van der Waals surface area contributed by atoms with Gasteiger partial charge >= 0.3 is 6.03 Å². The SMILES string of the molecule is COCC(=O)N1[C@H](CO)[C@@H](c2ccccc2)C12CN(C(=O)NC1CCCCC1)C2. The number of likely N-dealkylation sites (tertiary alicyclic amines) is 2. The third-order valence-electron chi connectivity index (χ3n) is 6.81. The standard InChI is InChI=1S/C22H31N3O4/c1-29-13-19(27)25-18(12-26)20(16-8-4-2-5-9-16)22(25)14-24(15-22)21(28)23-17-10-6-3-7-11-17/h2,4-5,8-9,17-18,20,26H,3,6-7,10-15H2,1H3,(H,23,28)/t18-,20-/m1/s1. The zero-order chi connectivity index (χ0) is 20.4. The first-order valence-corrected chi connectivity index (χ1v) is 10.6. The van der Waals surface area contributed by atoms with Crippen molar-refractivity contribution in [1.29, 1.82) is 0 Å². The van der Waals surface area contributed by atoms with E-state index in [-0.39, 0.29) is 43.2 Å². The predicted molar refractivity (Wildman–Crippen MR) is 108 cm³/mol. The number of carbonyl (C=O) groups is 2. The van der Waals surface area contributed by atoms with E-state index in [2.05, 4.69) is 5.32 Å². The van der Waals surface area contributed by atoms with Gasteiger partial charge in [-0.3, -0.25) is 4.79 Å². The quantitative estimate of drug-likeness (QED) is 0.787. The zero-order valence-corrected chi connectivity index (χ0v) is 17.0. The van der Waals surface area contributed by atoms with Crippen LogP contribution in [-0.2, 0) is 9.53 Å². The van der Waals surface area contributed by atoms with Crippen molar-refractivity contribution in [2.75, 3.05) is 33.4 Å². The van der Waals surface area contributed by atoms with Crippen molar-refractivity contribution in [3.8, 4) is 0 Å². The van der Waals surface area contributed by atoms with Gasteiger partial charge in [0.1, 0.15) is 6.61 Å². The van der Waals surface area contributed by atoms with Gasteiger partial charge in [0.15, 0.2) is 0 Å². The molecule has 0 aromatic heterocycles. The summed E-state index contributed by atoms with van der Waals surface area (Å²) in [4.78, 5) is 29.1. The number of nitrogens with one attached hydrogen (secondary N) is 1. The second-order valence-corrected chi connectivity index (χ2v) is 8.58. The van der Waals surface area contributed by atoms with Crippen LogP contribution < -0.4 is 5.32 Å². The number of aliphatic hydroxyl groups is 1. The third kappa shape index (κ3) is 3.51. The molecule has 7 nitrogen and oxygen atoms in total. The summed E-state index contributed by atoms with van der Waals surface area (Å²) in [5.74, 6) is -0.126. The molecule has 2 aliphatic heterocycles. The average Bonchev–Trinajstić information content (AvgIpc) is 2.68. The van der Waals surface area contributed by atoms with Crippen molar-refractivity contribution < 1.29 is 19.4 Å². The Morgan fingerprint density at radius 1 is 1.17 bits per heavy atom. The van der Waals surface area contributed by atoms with Crippen LogP contribution in [0.2, 0.25) is 0 Å². The monoisotopic (exact) mass is 401 g/mol. The molecule has 0 bridgehead atoms. The van der Waals surface area contributed by atoms with Crippen molar-refractivity contribution in [1.82, 2.24) is 15.1 Å². The van der Waals surface area contributed by atoms with Gasteiger partial charge in [-0.05, 0) is 18.4 Å². The van der Waals surface area contributed by atoms with Gasteiger partial charge in [0.05, 0.1) is 18.2 Å². The second-order valence-electron chi connectivity index (χ2n) is 8.58. The molecule has 7 heteroatoms. The first kappa shape index (κ1) is 20.2. The molecule has 4 rings (SSSR count). The van der Waals surface area contributed by atoms with Gasteiger partial charge in [0.25, 0.3) is 0 Å². The van der Waals surface area contributed by atoms with Crippen molar-refractivity contribution in [3.63, 3.8) is 0 Å². The molecule has 158 valence electrons. The molecule has 1 aromatic carbocycles. The van der Waals surface area contributed by atoms with Crippen LogP contribution in [0, 0.1) is 0 Å². The Balaban J connectivity index is 1.50. The van der Waals surface area contributed by atoms with Crippen molar-refractivity contribution >= 4 is 11.9 Å². The molecule has 2 saturated heterocycles. The molecule has 1 aromatic rings. The highest BCUT2D eigenvalue weighted by Crippen LogP contribution is 2.53. The van der Waals surface area contributed by atoms with E-state index < -0.39 is 5.54 Å². The Hall–Kier alpha value is -2.12. The van der Waals surface area contributed by atoms with Gasteiger partial charge in [-0.25, -0.2) is 4.79 Å². The van der Waals surface area contributed by atoms with Crippen LogP contribution in [-0.4, -0.2) is 77.9 Å². The molecule has 29 heavy (non-hydrogen) atoms. The van der Waals surface area contributed by atoms with Crippen LogP contribution in [0.1, 0.15) is 43.6 Å². The van der Waals surface area contributed by atoms with Crippen LogP contribution in [0.5, 0.6) is 0 Å². The third-order valence-corrected chi connectivity index (χ3v) is 6.81. The Bertz CT molecular complexity index is 729. The fourth-order valence-electron chi connectivity index (χ4n) is 5.53. The summed E-state index contributed by atoms with van der Waals surface area (Å²) >= 11 is 0. The van der Waals surface area contributed by atoms with Gasteiger partial charge < -0.3 is 25.0 Å². The molecule has 0 radical (unpaired) electrons. The highest BCUT2D eigenvalue weighted by molar-refractivity contribution is 5.83. The summed E-state index contributed by atoms with van der Waals surface area (Å²) in [5.41, 5.74) is 0.634. The lowest BCUT2D eigenvalue weighted by Gasteiger charge is -2.70. The molecule has 3 fully saturated rings. The van der Waals surface area contributed by atoms with Crippen LogP contribution in [0.4, 0.5) is 4.79 Å². The van der Waals surface area contributed by atoms with Gasteiger partial charge in [0, 0.05) is 32.2 Å². The Morgan fingerprint density at radius 2 is 1.86 bits per heavy atom. The fourth-order valence-corrected chi connectivity index (χ4v) is 5.53. The summed E-state index contributed by atoms with van der Waals surface area (Å²) < 4.78 is 5.07. The summed E-state index contributed by atoms with van der Waals surface area (Å²) in [6.45, 7) is 0.840. The largest absolute Gasteiger partial charge is 0.394 e. The van der Waals surface area contributed by atoms with Crippen molar-refractivity contribution in [2.45, 2.75) is 55.6 Å². The maximum Gasteiger partial charge on any atom is 0.317 e. The lowest BCUT2D eigenvalue weighted by Crippen LogP contribution is -2.86. The zero-order valence-electron chi connectivity index (χ0n) is 17.0. The summed E-state index contributed by atoms with van der Waals surface area (Å²) in [6.07, 6.45) is 5.67. The smallest absolute Gasteiger partial charge is 0.317 e. The number of hydrogen-bond donors (Lipinski definition) is 2. The Labute approximate surface area is 172 Å². The van der Waals surface area contributed by atoms with E-state index in [0.717, 1.165) is 18.4 Å². The number of nitrogens with zero attached hydrogens (tertiary/aromatic N) is 2. The fraction of sp³-hybridized carbons (Fsp3) is 0.636. The maximum atomic E-state index is 12.8. The molecule has 2 heterocycles. The van der Waals surface area contributed by atoms with Gasteiger partial charge in [-0.15, -0.1) is 0 Å². The van der Waals surface area contributed by atoms with E-state index in [4.69, 9.17) is 4.74 Å². The summed E-state index contributed by atoms with van der Waals surface area (Å²) in [7, 11) is 1.50. The van der Waals surface area contributed by atoms with E-state index in [1.54, 1.807) is 9.80 Å². The molecular weight excluding hydrogens is 370 g/mol. The van der Waals surface area contributed by atoms with E-state index in [9.17, 15) is 14.7 Å². The molecule has 2 N–H and O–H groups in total. The summed E-state index contributed by atoms with van der Waals surface area (Å²) in [5, 5.41) is 13.2. The van der Waals surface area contributed by atoms with E-state index in [0.29, 0.717) is 13.1 Å². The van der Waals surface area contributed by atoms with Crippen LogP contribution >= 0.6 is 0 Å². The number of rotatable bonds is 5. The van der Waals surface area contributed by atoms with Crippen molar-refractivity contribution in [3.05, 3.63) is 35.9 Å². The van der Waals surface area contributed by atoms with Crippen molar-refractivity contribution in [2.24, 2.45) is 0 Å². The number of amides is 3. The normalized spacial score (nSPS) is 26.0. The Kier molecular flexibility index (Phi) is 5.79. The van der Waals surface area contributed by atoms with Crippen LogP contribution in [0.15, 0.2) is 30.3 Å². The molecule has 3 amide bonds. The number of urea groups is 1. The van der Waals surface area contributed by atoms with Crippen LogP contribution in [0.3, 0.4) is 0 Å². The summed E-state index contributed by atoms with van der Waals surface area (Å²) in [6, 6.07) is 9.92. The van der Waals surface area contributed by atoms with E-state index in [1.807, 2.05) is 30.3 Å². The second kappa shape index (κ2) is 8.32. The highest BCUT2D eigenvalue weighted by atomic mass is 16.5. The maximum absolute atomic E-state index is 12.8. The number of ether oxygens (including phenoxy) is 1. The number of hydrogen-bond acceptors (Lipinski definition) is 4. The molecule has 0 unspecified atom stereocenters. The van der Waals surface area contributed by atoms with Gasteiger partial charge in [-0.2, -0.15) is 0 Å². The van der Waals surface area contributed by atoms with E-state index in [1.165, 1.54) is 26.4 Å². The number of methoxy groups -OCH3 is 1. The van der Waals surface area contributed by atoms with Gasteiger partial charge in [0.2, 0.25) is 5.91 Å². The Morgan fingerprint density at radius 3 is 2.48 bits per heavy atom. The minimum absolute atomic E-state index is 0.00763. The number of aliphatic hydroxyl groups excluding tert-OH is 1. The minimum atomic E-state index is -0.464. The predicted octanol–water partition coefficient (Wildman–Crippen LogP) is 1.72. The van der Waals surface area contributed by atoms with E-state index >= 15 is 0 Å². The number of carbonyl (C=O) groups excluding carboxylic acids is 2. The highest BCUT2D eigenvalue weighted by Gasteiger charge is 2.68. The first-order chi connectivity index (χ1) is 14.1. The molecule has 3 aliphatic rings. The number of benzene rings is 1. The first-order valence-electron chi connectivity index (χ1n) is 10.6. The molecular formula is C22H31N3O4. The molecule has 1 aliphatic carbocycles. The molecule has 1 spiro atoms. The van der Waals surface area contributed by atoms with Crippen LogP contribution in [0.25, 0.3) is 0 Å². The lowest BCUT2D eigenvalue weighted by atomic mass is 9.60. The molecule has 2 atom stereocenters. The average molecular weight is 402 g/mol. The topological polar surface area (TPSA) is 82.1 Å².